The molecule has 1 amide bonds. The number of aromatic nitrogens is 3. The van der Waals surface area contributed by atoms with Crippen molar-refractivity contribution in [3.05, 3.63) is 65.5 Å². The molecule has 0 saturated carbocycles. The highest BCUT2D eigenvalue weighted by molar-refractivity contribution is 8.00. The van der Waals surface area contributed by atoms with Gasteiger partial charge < -0.3 is 14.5 Å². The highest BCUT2D eigenvalue weighted by Gasteiger charge is 2.32. The average molecular weight is 500 g/mol. The number of amides is 1. The molecule has 2 aromatic carbocycles. The van der Waals surface area contributed by atoms with Crippen LogP contribution in [0.5, 0.6) is 0 Å². The lowest BCUT2D eigenvalue weighted by atomic mass is 10.2. The van der Waals surface area contributed by atoms with Gasteiger partial charge in [-0.2, -0.15) is 0 Å². The summed E-state index contributed by atoms with van der Waals surface area (Å²) in [5.41, 5.74) is 2.65. The topological polar surface area (TPSA) is 63.5 Å². The molecule has 1 aromatic heterocycles. The molecule has 0 bridgehead atoms. The standard InChI is InChI=1S/C24H26FN5O2S2/c1-17-5-4-6-18(15-17)30-23(28-9-12-32-13-10-28)26-27-24(30)34-16-21(31)29-11-14-33-22(29)19-7-2-3-8-20(19)25/h2-8,15,22H,9-14,16H2,1H3/t22-/m0/s1. The van der Waals surface area contributed by atoms with Gasteiger partial charge in [0.05, 0.1) is 24.7 Å². The molecule has 0 N–H and O–H groups in total. The molecular formula is C24H26FN5O2S2. The smallest absolute Gasteiger partial charge is 0.234 e. The number of halogens is 1. The van der Waals surface area contributed by atoms with Crippen LogP contribution in [0.4, 0.5) is 10.3 Å². The average Bonchev–Trinajstić information content (AvgIpc) is 3.51. The van der Waals surface area contributed by atoms with Crippen LogP contribution in [0.2, 0.25) is 0 Å². The monoisotopic (exact) mass is 499 g/mol. The summed E-state index contributed by atoms with van der Waals surface area (Å²) in [6.45, 7) is 5.42. The van der Waals surface area contributed by atoms with Crippen molar-refractivity contribution in [2.75, 3.05) is 49.3 Å². The Morgan fingerprint density at radius 2 is 1.97 bits per heavy atom. The van der Waals surface area contributed by atoms with Crippen LogP contribution >= 0.6 is 23.5 Å². The SMILES string of the molecule is Cc1cccc(-n2c(SCC(=O)N3CCS[C@H]3c3ccccc3F)nnc2N2CCOCC2)c1. The first-order valence-corrected chi connectivity index (χ1v) is 13.3. The third kappa shape index (κ3) is 4.80. The molecule has 2 fully saturated rings. The lowest BCUT2D eigenvalue weighted by Crippen LogP contribution is -2.38. The van der Waals surface area contributed by atoms with E-state index < -0.39 is 0 Å². The third-order valence-corrected chi connectivity index (χ3v) is 8.03. The lowest BCUT2D eigenvalue weighted by Gasteiger charge is -2.28. The zero-order chi connectivity index (χ0) is 23.5. The Kier molecular flexibility index (Phi) is 7.07. The fourth-order valence-corrected chi connectivity index (χ4v) is 6.32. The van der Waals surface area contributed by atoms with Gasteiger partial charge in [-0.25, -0.2) is 4.39 Å². The summed E-state index contributed by atoms with van der Waals surface area (Å²) in [6.07, 6.45) is 0. The first-order chi connectivity index (χ1) is 16.6. The van der Waals surface area contributed by atoms with Crippen LogP contribution in [0.15, 0.2) is 53.7 Å². The van der Waals surface area contributed by atoms with Crippen molar-refractivity contribution < 1.29 is 13.9 Å². The number of rotatable bonds is 6. The zero-order valence-corrected chi connectivity index (χ0v) is 20.5. The summed E-state index contributed by atoms with van der Waals surface area (Å²) in [6, 6.07) is 14.9. The molecule has 2 aliphatic heterocycles. The molecule has 0 radical (unpaired) electrons. The second-order valence-corrected chi connectivity index (χ2v) is 10.3. The van der Waals surface area contributed by atoms with E-state index in [1.807, 2.05) is 35.8 Å². The largest absolute Gasteiger partial charge is 0.378 e. The summed E-state index contributed by atoms with van der Waals surface area (Å²) in [5, 5.41) is 9.29. The third-order valence-electron chi connectivity index (χ3n) is 5.88. The molecule has 3 aromatic rings. The van der Waals surface area contributed by atoms with E-state index in [0.717, 1.165) is 36.0 Å². The highest BCUT2D eigenvalue weighted by Crippen LogP contribution is 2.39. The fraction of sp³-hybridized carbons (Fsp3) is 0.375. The fourth-order valence-electron chi connectivity index (χ4n) is 4.18. The molecule has 2 aliphatic rings. The van der Waals surface area contributed by atoms with Crippen LogP contribution in [0.1, 0.15) is 16.5 Å². The maximum atomic E-state index is 14.4. The van der Waals surface area contributed by atoms with Crippen LogP contribution in [-0.4, -0.2) is 69.9 Å². The molecular weight excluding hydrogens is 473 g/mol. The maximum Gasteiger partial charge on any atom is 0.234 e. The summed E-state index contributed by atoms with van der Waals surface area (Å²) in [4.78, 5) is 17.1. The second-order valence-electron chi connectivity index (χ2n) is 8.18. The number of aryl methyl sites for hydroxylation is 1. The number of anilines is 1. The van der Waals surface area contributed by atoms with Crippen LogP contribution < -0.4 is 4.90 Å². The number of hydrogen-bond donors (Lipinski definition) is 0. The molecule has 2 saturated heterocycles. The minimum Gasteiger partial charge on any atom is -0.378 e. The summed E-state index contributed by atoms with van der Waals surface area (Å²) in [5.74, 6) is 1.44. The number of morpholine rings is 1. The number of benzene rings is 2. The van der Waals surface area contributed by atoms with Gasteiger partial charge >= 0.3 is 0 Å². The van der Waals surface area contributed by atoms with Gasteiger partial charge in [0.1, 0.15) is 11.2 Å². The zero-order valence-electron chi connectivity index (χ0n) is 18.9. The van der Waals surface area contributed by atoms with Crippen molar-refractivity contribution >= 4 is 35.4 Å². The molecule has 0 aliphatic carbocycles. The number of ether oxygens (including phenoxy) is 1. The Morgan fingerprint density at radius 3 is 2.76 bits per heavy atom. The second kappa shape index (κ2) is 10.4. The van der Waals surface area contributed by atoms with Gasteiger partial charge in [-0.1, -0.05) is 42.1 Å². The molecule has 10 heteroatoms. The van der Waals surface area contributed by atoms with E-state index in [1.54, 1.807) is 28.8 Å². The minimum absolute atomic E-state index is 0.0324. The van der Waals surface area contributed by atoms with Crippen LogP contribution in [0.25, 0.3) is 5.69 Å². The number of thioether (sulfide) groups is 2. The van der Waals surface area contributed by atoms with Crippen molar-refractivity contribution in [2.45, 2.75) is 17.5 Å². The predicted molar refractivity (Wildman–Crippen MR) is 133 cm³/mol. The molecule has 0 unspecified atom stereocenters. The Morgan fingerprint density at radius 1 is 1.15 bits per heavy atom. The van der Waals surface area contributed by atoms with Crippen LogP contribution in [0, 0.1) is 12.7 Å². The number of carbonyl (C=O) groups is 1. The van der Waals surface area contributed by atoms with E-state index in [9.17, 15) is 9.18 Å². The summed E-state index contributed by atoms with van der Waals surface area (Å²) >= 11 is 2.96. The van der Waals surface area contributed by atoms with Gasteiger partial charge in [0.2, 0.25) is 11.9 Å². The van der Waals surface area contributed by atoms with Gasteiger partial charge in [0.15, 0.2) is 5.16 Å². The van der Waals surface area contributed by atoms with Crippen LogP contribution in [0.3, 0.4) is 0 Å². The van der Waals surface area contributed by atoms with Crippen LogP contribution in [-0.2, 0) is 9.53 Å². The Balaban J connectivity index is 1.37. The highest BCUT2D eigenvalue weighted by atomic mass is 32.2. The van der Waals surface area contributed by atoms with E-state index in [4.69, 9.17) is 4.74 Å². The van der Waals surface area contributed by atoms with Gasteiger partial charge in [-0.15, -0.1) is 22.0 Å². The van der Waals surface area contributed by atoms with Gasteiger partial charge in [0.25, 0.3) is 0 Å². The molecule has 1 atom stereocenters. The Labute approximate surface area is 206 Å². The summed E-state index contributed by atoms with van der Waals surface area (Å²) < 4.78 is 21.9. The predicted octanol–water partition coefficient (Wildman–Crippen LogP) is 3.92. The van der Waals surface area contributed by atoms with Crippen molar-refractivity contribution in [1.29, 1.82) is 0 Å². The molecule has 3 heterocycles. The molecule has 178 valence electrons. The van der Waals surface area contributed by atoms with Crippen molar-refractivity contribution in [1.82, 2.24) is 19.7 Å². The van der Waals surface area contributed by atoms with Gasteiger partial charge in [-0.3, -0.25) is 9.36 Å². The van der Waals surface area contributed by atoms with Gasteiger partial charge in [0, 0.05) is 31.0 Å². The number of carbonyl (C=O) groups excluding carboxylic acids is 1. The quantitative estimate of drug-likeness (QED) is 0.477. The minimum atomic E-state index is -0.298. The first-order valence-electron chi connectivity index (χ1n) is 11.3. The maximum absolute atomic E-state index is 14.4. The molecule has 0 spiro atoms. The van der Waals surface area contributed by atoms with E-state index in [-0.39, 0.29) is 22.9 Å². The van der Waals surface area contributed by atoms with Crippen molar-refractivity contribution in [2.24, 2.45) is 0 Å². The summed E-state index contributed by atoms with van der Waals surface area (Å²) in [7, 11) is 0. The van der Waals surface area contributed by atoms with Gasteiger partial charge in [-0.05, 0) is 30.7 Å². The first kappa shape index (κ1) is 23.2. The van der Waals surface area contributed by atoms with Crippen molar-refractivity contribution in [3.63, 3.8) is 0 Å². The van der Waals surface area contributed by atoms with E-state index in [2.05, 4.69) is 21.2 Å². The van der Waals surface area contributed by atoms with E-state index >= 15 is 0 Å². The van der Waals surface area contributed by atoms with E-state index in [0.29, 0.717) is 30.5 Å². The number of hydrogen-bond acceptors (Lipinski definition) is 7. The molecule has 5 rings (SSSR count). The number of nitrogens with zero attached hydrogens (tertiary/aromatic N) is 5. The molecule has 7 nitrogen and oxygen atoms in total. The normalized spacial score (nSPS) is 18.5. The molecule has 34 heavy (non-hydrogen) atoms. The Bertz CT molecular complexity index is 1170. The Hall–Kier alpha value is -2.56. The van der Waals surface area contributed by atoms with E-state index in [1.165, 1.54) is 17.8 Å². The van der Waals surface area contributed by atoms with Crippen molar-refractivity contribution in [3.8, 4) is 5.69 Å². The lowest BCUT2D eigenvalue weighted by molar-refractivity contribution is -0.128.